The summed E-state index contributed by atoms with van der Waals surface area (Å²) in [5.41, 5.74) is -0.770. The smallest absolute Gasteiger partial charge is 0.378 e. The summed E-state index contributed by atoms with van der Waals surface area (Å²) >= 11 is 0. The largest absolute Gasteiger partial charge is 0.416 e. The van der Waals surface area contributed by atoms with Crippen LogP contribution in [0.5, 0.6) is 0 Å². The zero-order valence-electron chi connectivity index (χ0n) is 15.9. The summed E-state index contributed by atoms with van der Waals surface area (Å²) in [6.45, 7) is 0. The molecule has 2 aromatic rings. The quantitative estimate of drug-likeness (QED) is 0.795. The van der Waals surface area contributed by atoms with Crippen LogP contribution in [0.2, 0.25) is 0 Å². The van der Waals surface area contributed by atoms with Crippen molar-refractivity contribution in [3.63, 3.8) is 0 Å². The highest BCUT2D eigenvalue weighted by Gasteiger charge is 2.40. The molecule has 1 fully saturated rings. The average Bonchev–Trinajstić information content (AvgIpc) is 2.63. The lowest BCUT2D eigenvalue weighted by atomic mass is 9.92. The van der Waals surface area contributed by atoms with Crippen molar-refractivity contribution in [1.82, 2.24) is 5.32 Å². The molecule has 0 aliphatic heterocycles. The minimum Gasteiger partial charge on any atom is -0.378 e. The van der Waals surface area contributed by atoms with Crippen molar-refractivity contribution in [3.8, 4) is 0 Å². The van der Waals surface area contributed by atoms with Gasteiger partial charge in [-0.25, -0.2) is 8.42 Å². The van der Waals surface area contributed by atoms with E-state index < -0.39 is 38.8 Å². The molecule has 0 saturated heterocycles. The van der Waals surface area contributed by atoms with E-state index in [-0.39, 0.29) is 29.0 Å². The fourth-order valence-corrected chi connectivity index (χ4v) is 5.07. The van der Waals surface area contributed by atoms with Crippen LogP contribution in [-0.4, -0.2) is 39.7 Å². The van der Waals surface area contributed by atoms with Crippen LogP contribution < -0.4 is 10.2 Å². The maximum absolute atomic E-state index is 13.1. The van der Waals surface area contributed by atoms with Gasteiger partial charge in [-0.05, 0) is 43.2 Å². The van der Waals surface area contributed by atoms with Gasteiger partial charge in [-0.1, -0.05) is 18.2 Å². The number of amides is 1. The lowest BCUT2D eigenvalue weighted by Gasteiger charge is -2.35. The van der Waals surface area contributed by atoms with Gasteiger partial charge in [-0.15, -0.1) is 0 Å². The number of hydrogen-bond acceptors (Lipinski definition) is 4. The third-order valence-corrected chi connectivity index (χ3v) is 7.16. The zero-order valence-corrected chi connectivity index (χ0v) is 16.7. The highest BCUT2D eigenvalue weighted by molar-refractivity contribution is 7.92. The molecule has 9 heteroatoms. The first kappa shape index (κ1) is 21.2. The van der Waals surface area contributed by atoms with E-state index in [4.69, 9.17) is 0 Å². The zero-order chi connectivity index (χ0) is 21.4. The normalized spacial score (nSPS) is 19.3. The summed E-state index contributed by atoms with van der Waals surface area (Å²) < 4.78 is 64.5. The molecule has 1 N–H and O–H groups in total. The van der Waals surface area contributed by atoms with Crippen LogP contribution in [0.1, 0.15) is 28.8 Å². The number of anilines is 1. The van der Waals surface area contributed by atoms with Crippen molar-refractivity contribution in [1.29, 1.82) is 0 Å². The van der Waals surface area contributed by atoms with Crippen molar-refractivity contribution < 1.29 is 26.4 Å². The van der Waals surface area contributed by atoms with Crippen LogP contribution in [0.25, 0.3) is 0 Å². The summed E-state index contributed by atoms with van der Waals surface area (Å²) in [4.78, 5) is 14.2. The predicted octanol–water partition coefficient (Wildman–Crippen LogP) is 3.51. The number of alkyl halides is 3. The number of nitrogens with one attached hydrogen (secondary N) is 1. The van der Waals surface area contributed by atoms with E-state index in [0.29, 0.717) is 0 Å². The molecule has 0 aromatic heterocycles. The maximum Gasteiger partial charge on any atom is 0.416 e. The van der Waals surface area contributed by atoms with Gasteiger partial charge in [-0.3, -0.25) is 4.79 Å². The molecule has 0 heterocycles. The molecule has 1 aliphatic rings. The monoisotopic (exact) mass is 426 g/mol. The minimum atomic E-state index is -4.58. The highest BCUT2D eigenvalue weighted by Crippen LogP contribution is 2.34. The SMILES string of the molecule is CN(C)c1cc(C(=O)NC2CC(S(=O)(=O)c3ccccc3)C2)cc(C(F)(F)F)c1. The lowest BCUT2D eigenvalue weighted by molar-refractivity contribution is -0.137. The van der Waals surface area contributed by atoms with E-state index in [1.54, 1.807) is 32.3 Å². The molecule has 0 bridgehead atoms. The molecule has 0 atom stereocenters. The molecule has 1 saturated carbocycles. The molecule has 2 aromatic carbocycles. The number of carbonyl (C=O) groups excluding carboxylic acids is 1. The fraction of sp³-hybridized carbons (Fsp3) is 0.350. The van der Waals surface area contributed by atoms with Crippen molar-refractivity contribution in [2.24, 2.45) is 0 Å². The number of carbonyl (C=O) groups is 1. The van der Waals surface area contributed by atoms with Crippen molar-refractivity contribution >= 4 is 21.4 Å². The fourth-order valence-electron chi connectivity index (χ4n) is 3.17. The summed E-state index contributed by atoms with van der Waals surface area (Å²) in [6.07, 6.45) is -4.13. The first-order valence-electron chi connectivity index (χ1n) is 8.98. The third-order valence-electron chi connectivity index (χ3n) is 4.96. The van der Waals surface area contributed by atoms with Gasteiger partial charge in [0.05, 0.1) is 15.7 Å². The van der Waals surface area contributed by atoms with Gasteiger partial charge < -0.3 is 10.2 Å². The number of halogens is 3. The lowest BCUT2D eigenvalue weighted by Crippen LogP contribution is -2.49. The number of benzene rings is 2. The van der Waals surface area contributed by atoms with Gasteiger partial charge in [0, 0.05) is 31.4 Å². The summed E-state index contributed by atoms with van der Waals surface area (Å²) in [7, 11) is -0.315. The molecule has 29 heavy (non-hydrogen) atoms. The Balaban J connectivity index is 1.70. The summed E-state index contributed by atoms with van der Waals surface area (Å²) in [5, 5.41) is 2.03. The van der Waals surface area contributed by atoms with Crippen LogP contribution in [0.15, 0.2) is 53.4 Å². The number of rotatable bonds is 5. The van der Waals surface area contributed by atoms with Gasteiger partial charge in [0.2, 0.25) is 0 Å². The Labute approximate surface area is 167 Å². The summed E-state index contributed by atoms with van der Waals surface area (Å²) in [6, 6.07) is 10.8. The Morgan fingerprint density at radius 3 is 2.24 bits per heavy atom. The molecule has 0 spiro atoms. The Bertz CT molecular complexity index is 999. The van der Waals surface area contributed by atoms with Crippen LogP contribution in [0.4, 0.5) is 18.9 Å². The second kappa shape index (κ2) is 7.70. The Morgan fingerprint density at radius 2 is 1.69 bits per heavy atom. The summed E-state index contributed by atoms with van der Waals surface area (Å²) in [5.74, 6) is -0.653. The van der Waals surface area contributed by atoms with E-state index in [2.05, 4.69) is 5.32 Å². The first-order chi connectivity index (χ1) is 13.5. The van der Waals surface area contributed by atoms with Crippen molar-refractivity contribution in [3.05, 3.63) is 59.7 Å². The second-order valence-electron chi connectivity index (χ2n) is 7.28. The molecule has 3 rings (SSSR count). The van der Waals surface area contributed by atoms with E-state index in [1.165, 1.54) is 23.1 Å². The maximum atomic E-state index is 13.1. The Hall–Kier alpha value is -2.55. The second-order valence-corrected chi connectivity index (χ2v) is 9.51. The molecular formula is C20H21F3N2O3S. The van der Waals surface area contributed by atoms with E-state index in [1.807, 2.05) is 0 Å². The number of hydrogen-bond donors (Lipinski definition) is 1. The number of sulfone groups is 1. The standard InChI is InChI=1S/C20H21F3N2O3S/c1-25(2)16-9-13(8-14(10-16)20(21,22)23)19(26)24-15-11-18(12-15)29(27,28)17-6-4-3-5-7-17/h3-10,15,18H,11-12H2,1-2H3,(H,24,26). The van der Waals surface area contributed by atoms with Gasteiger partial charge in [-0.2, -0.15) is 13.2 Å². The number of nitrogens with zero attached hydrogens (tertiary/aromatic N) is 1. The molecule has 1 amide bonds. The Morgan fingerprint density at radius 1 is 1.07 bits per heavy atom. The van der Waals surface area contributed by atoms with E-state index >= 15 is 0 Å². The molecule has 0 unspecified atom stereocenters. The van der Waals surface area contributed by atoms with Crippen molar-refractivity contribution in [2.45, 2.75) is 35.2 Å². The van der Waals surface area contributed by atoms with Crippen LogP contribution in [0, 0.1) is 0 Å². The minimum absolute atomic E-state index is 0.113. The van der Waals surface area contributed by atoms with Gasteiger partial charge in [0.15, 0.2) is 9.84 Å². The van der Waals surface area contributed by atoms with Gasteiger partial charge >= 0.3 is 6.18 Å². The van der Waals surface area contributed by atoms with Gasteiger partial charge in [0.1, 0.15) is 0 Å². The van der Waals surface area contributed by atoms with E-state index in [9.17, 15) is 26.4 Å². The topological polar surface area (TPSA) is 66.5 Å². The average molecular weight is 426 g/mol. The first-order valence-corrected chi connectivity index (χ1v) is 10.5. The van der Waals surface area contributed by atoms with Crippen LogP contribution in [-0.2, 0) is 16.0 Å². The van der Waals surface area contributed by atoms with Crippen LogP contribution in [0.3, 0.4) is 0 Å². The predicted molar refractivity (Wildman–Crippen MR) is 104 cm³/mol. The molecule has 156 valence electrons. The molecule has 0 radical (unpaired) electrons. The van der Waals surface area contributed by atoms with E-state index in [0.717, 1.165) is 12.1 Å². The molecule has 5 nitrogen and oxygen atoms in total. The van der Waals surface area contributed by atoms with Crippen molar-refractivity contribution in [2.75, 3.05) is 19.0 Å². The third kappa shape index (κ3) is 4.55. The van der Waals surface area contributed by atoms with Gasteiger partial charge in [0.25, 0.3) is 5.91 Å². The molecular weight excluding hydrogens is 405 g/mol. The Kier molecular flexibility index (Phi) is 5.62. The van der Waals surface area contributed by atoms with Crippen LogP contribution >= 0.6 is 0 Å². The molecule has 1 aliphatic carbocycles. The highest BCUT2D eigenvalue weighted by atomic mass is 32.2.